The molecule has 1 aromatic carbocycles. The van der Waals surface area contributed by atoms with Crippen molar-refractivity contribution in [1.29, 1.82) is 0 Å². The molecule has 103 valence electrons. The predicted molar refractivity (Wildman–Crippen MR) is 82.7 cm³/mol. The fraction of sp³-hybridized carbons (Fsp3) is 0.647. The summed E-state index contributed by atoms with van der Waals surface area (Å²) in [6, 6.07) is 8.29. The summed E-state index contributed by atoms with van der Waals surface area (Å²) in [6.07, 6.45) is 15.0. The normalized spacial score (nSPS) is 16.5. The molecular weight excluding hydrogens is 331 g/mol. The predicted octanol–water partition coefficient (Wildman–Crippen LogP) is 4.69. The Labute approximate surface area is 142 Å². The largest absolute Gasteiger partial charge is 2.00 e. The van der Waals surface area contributed by atoms with E-state index in [1.807, 2.05) is 12.1 Å². The molecule has 0 bridgehead atoms. The monoisotopic (exact) mass is 359 g/mol. The molecule has 0 aromatic heterocycles. The van der Waals surface area contributed by atoms with Crippen LogP contribution in [0.25, 0.3) is 0 Å². The zero-order chi connectivity index (χ0) is 13.1. The Morgan fingerprint density at radius 2 is 1.11 bits per heavy atom. The number of hydrogen-bond acceptors (Lipinski definition) is 0. The van der Waals surface area contributed by atoms with Gasteiger partial charge in [-0.1, -0.05) is 64.2 Å². The summed E-state index contributed by atoms with van der Waals surface area (Å²) in [5.74, 6) is 0. The molecule has 1 aromatic rings. The van der Waals surface area contributed by atoms with E-state index in [9.17, 15) is 0 Å². The second-order valence-corrected chi connectivity index (χ2v) is 6.34. The van der Waals surface area contributed by atoms with Gasteiger partial charge >= 0.3 is 78.9 Å². The van der Waals surface area contributed by atoms with E-state index in [2.05, 4.69) is 35.1 Å². The Hall–Kier alpha value is 0.454. The third-order valence-corrected chi connectivity index (χ3v) is 4.02. The van der Waals surface area contributed by atoms with Gasteiger partial charge in [0.15, 0.2) is 0 Å². The van der Waals surface area contributed by atoms with Crippen LogP contribution in [-0.4, -0.2) is 16.0 Å². The van der Waals surface area contributed by atoms with E-state index in [1.165, 1.54) is 74.2 Å². The number of rotatable bonds is 0. The minimum absolute atomic E-state index is 0. The first-order valence-electron chi connectivity index (χ1n) is 7.53. The maximum atomic E-state index is 2.94. The molecule has 1 radical (unpaired) electrons. The van der Waals surface area contributed by atoms with Crippen LogP contribution in [0.1, 0.15) is 69.8 Å². The zero-order valence-corrected chi connectivity index (χ0v) is 15.6. The molecular formula is C17H27SeTi+2. The molecule has 0 amide bonds. The topological polar surface area (TPSA) is 0 Å². The second kappa shape index (κ2) is 13.4. The summed E-state index contributed by atoms with van der Waals surface area (Å²) >= 11 is 2.94. The van der Waals surface area contributed by atoms with Crippen molar-refractivity contribution in [2.45, 2.75) is 71.1 Å². The van der Waals surface area contributed by atoms with Gasteiger partial charge in [0, 0.05) is 0 Å². The van der Waals surface area contributed by atoms with Crippen molar-refractivity contribution in [2.75, 3.05) is 0 Å². The van der Waals surface area contributed by atoms with Gasteiger partial charge in [-0.2, -0.15) is 0 Å². The maximum Gasteiger partial charge on any atom is 2.00 e. The van der Waals surface area contributed by atoms with Crippen molar-refractivity contribution in [2.24, 2.45) is 0 Å². The van der Waals surface area contributed by atoms with Gasteiger partial charge in [-0.3, -0.25) is 0 Å². The Morgan fingerprint density at radius 3 is 1.32 bits per heavy atom. The van der Waals surface area contributed by atoms with Gasteiger partial charge in [-0.15, -0.1) is 0 Å². The molecule has 0 heterocycles. The van der Waals surface area contributed by atoms with Crippen LogP contribution in [0.3, 0.4) is 0 Å². The van der Waals surface area contributed by atoms with Crippen LogP contribution in [-0.2, 0) is 21.7 Å². The van der Waals surface area contributed by atoms with E-state index in [-0.39, 0.29) is 21.7 Å². The Balaban J connectivity index is 0.000000259. The summed E-state index contributed by atoms with van der Waals surface area (Å²) in [6.45, 7) is 2.08. The summed E-state index contributed by atoms with van der Waals surface area (Å²) < 4.78 is 1.21. The molecule has 3 rings (SSSR count). The van der Waals surface area contributed by atoms with Crippen LogP contribution in [0.15, 0.2) is 24.3 Å². The van der Waals surface area contributed by atoms with E-state index in [0.717, 1.165) is 0 Å². The molecule has 2 saturated carbocycles. The van der Waals surface area contributed by atoms with Crippen molar-refractivity contribution in [3.05, 3.63) is 29.8 Å². The molecule has 0 saturated heterocycles. The maximum absolute atomic E-state index is 2.94. The van der Waals surface area contributed by atoms with E-state index in [4.69, 9.17) is 0 Å². The fourth-order valence-electron chi connectivity index (χ4n) is 2.38. The summed E-state index contributed by atoms with van der Waals surface area (Å²) in [5, 5.41) is 0. The SMILES string of the molecule is C1CCCC1.C1CCCC1.Cc1cccc([Se])c1.[Ti+2]. The van der Waals surface area contributed by atoms with Crippen molar-refractivity contribution < 1.29 is 21.7 Å². The minimum Gasteiger partial charge on any atom is 2.00 e. The molecule has 0 unspecified atom stereocenters. The van der Waals surface area contributed by atoms with E-state index >= 15 is 0 Å². The van der Waals surface area contributed by atoms with E-state index in [0.29, 0.717) is 0 Å². The van der Waals surface area contributed by atoms with Crippen molar-refractivity contribution >= 4 is 20.5 Å². The van der Waals surface area contributed by atoms with Crippen LogP contribution >= 0.6 is 0 Å². The molecule has 0 nitrogen and oxygen atoms in total. The summed E-state index contributed by atoms with van der Waals surface area (Å²) in [5.41, 5.74) is 1.31. The molecule has 2 aliphatic rings. The van der Waals surface area contributed by atoms with Crippen molar-refractivity contribution in [1.82, 2.24) is 0 Å². The van der Waals surface area contributed by atoms with Crippen LogP contribution in [0, 0.1) is 6.92 Å². The fourth-order valence-corrected chi connectivity index (χ4v) is 2.94. The molecule has 19 heavy (non-hydrogen) atoms. The van der Waals surface area contributed by atoms with E-state index < -0.39 is 0 Å². The molecule has 0 spiro atoms. The summed E-state index contributed by atoms with van der Waals surface area (Å²) in [4.78, 5) is 0. The van der Waals surface area contributed by atoms with E-state index in [1.54, 1.807) is 0 Å². The van der Waals surface area contributed by atoms with Gasteiger partial charge in [0.05, 0.1) is 0 Å². The number of hydrogen-bond donors (Lipinski definition) is 0. The molecule has 0 atom stereocenters. The standard InChI is InChI=1S/C7H7Se.2C5H10.Ti/c1-6-3-2-4-7(8)5-6;2*1-2-4-5-3-1;/h2-5H,1H3;2*1-5H2;/q;;;+2. The van der Waals surface area contributed by atoms with Gasteiger partial charge in [0.25, 0.3) is 0 Å². The smallest absolute Gasteiger partial charge is 2.00 e. The Bertz CT molecular complexity index is 261. The number of aryl methyl sites for hydroxylation is 1. The molecule has 2 aliphatic carbocycles. The van der Waals surface area contributed by atoms with Crippen LogP contribution in [0.4, 0.5) is 0 Å². The van der Waals surface area contributed by atoms with Gasteiger partial charge in [-0.25, -0.2) is 0 Å². The minimum atomic E-state index is 0. The van der Waals surface area contributed by atoms with Crippen LogP contribution < -0.4 is 4.46 Å². The van der Waals surface area contributed by atoms with Crippen molar-refractivity contribution in [3.8, 4) is 0 Å². The zero-order valence-electron chi connectivity index (χ0n) is 12.3. The molecule has 0 N–H and O–H groups in total. The average Bonchev–Trinajstić information content (AvgIpc) is 3.09. The number of benzene rings is 1. The van der Waals surface area contributed by atoms with Crippen LogP contribution in [0.2, 0.25) is 0 Å². The van der Waals surface area contributed by atoms with Gasteiger partial charge in [0.2, 0.25) is 0 Å². The van der Waals surface area contributed by atoms with Gasteiger partial charge in [-0.05, 0) is 0 Å². The Kier molecular flexibility index (Phi) is 13.8. The first-order chi connectivity index (χ1) is 8.79. The average molecular weight is 358 g/mol. The molecule has 2 fully saturated rings. The third kappa shape index (κ3) is 11.9. The quantitative estimate of drug-likeness (QED) is 0.591. The van der Waals surface area contributed by atoms with Crippen molar-refractivity contribution in [3.63, 3.8) is 0 Å². The third-order valence-electron chi connectivity index (χ3n) is 3.49. The first kappa shape index (κ1) is 19.5. The molecule has 0 aliphatic heterocycles. The summed E-state index contributed by atoms with van der Waals surface area (Å²) in [7, 11) is 0. The van der Waals surface area contributed by atoms with Crippen LogP contribution in [0.5, 0.6) is 0 Å². The second-order valence-electron chi connectivity index (χ2n) is 5.35. The van der Waals surface area contributed by atoms with Gasteiger partial charge in [0.1, 0.15) is 0 Å². The van der Waals surface area contributed by atoms with Gasteiger partial charge < -0.3 is 0 Å². The first-order valence-corrected chi connectivity index (χ1v) is 8.38. The molecule has 2 heteroatoms. The Morgan fingerprint density at radius 1 is 0.737 bits per heavy atom.